The molecule has 2 atom stereocenters. The monoisotopic (exact) mass is 262 g/mol. The molecule has 0 spiro atoms. The minimum absolute atomic E-state index is 0.349. The molecule has 18 heavy (non-hydrogen) atoms. The van der Waals surface area contributed by atoms with Gasteiger partial charge in [0.15, 0.2) is 0 Å². The Kier molecular flexibility index (Phi) is 3.87. The molecule has 0 bridgehead atoms. The SMILES string of the molecule is CC1=CCC(C(C)(C)C)C(c2ccc(Cl)cc2)C1. The summed E-state index contributed by atoms with van der Waals surface area (Å²) >= 11 is 5.99. The highest BCUT2D eigenvalue weighted by molar-refractivity contribution is 6.30. The lowest BCUT2D eigenvalue weighted by atomic mass is 9.65. The normalized spacial score (nSPS) is 24.8. The second kappa shape index (κ2) is 5.09. The van der Waals surface area contributed by atoms with Gasteiger partial charge in [0.25, 0.3) is 0 Å². The van der Waals surface area contributed by atoms with Crippen LogP contribution < -0.4 is 0 Å². The first-order chi connectivity index (χ1) is 8.38. The van der Waals surface area contributed by atoms with Crippen LogP contribution in [0.1, 0.15) is 52.0 Å². The molecular formula is C17H23Cl. The van der Waals surface area contributed by atoms with Crippen LogP contribution in [0.5, 0.6) is 0 Å². The van der Waals surface area contributed by atoms with Crippen LogP contribution in [-0.4, -0.2) is 0 Å². The van der Waals surface area contributed by atoms with Crippen molar-refractivity contribution in [3.05, 3.63) is 46.5 Å². The number of benzene rings is 1. The lowest BCUT2D eigenvalue weighted by molar-refractivity contribution is 0.192. The van der Waals surface area contributed by atoms with E-state index in [1.807, 2.05) is 12.1 Å². The third-order valence-corrected chi connectivity index (χ3v) is 4.41. The summed E-state index contributed by atoms with van der Waals surface area (Å²) in [6, 6.07) is 8.43. The van der Waals surface area contributed by atoms with Crippen molar-refractivity contribution in [2.45, 2.75) is 46.5 Å². The van der Waals surface area contributed by atoms with Crippen LogP contribution >= 0.6 is 11.6 Å². The fourth-order valence-corrected chi connectivity index (χ4v) is 3.21. The van der Waals surface area contributed by atoms with Crippen LogP contribution in [0.2, 0.25) is 5.02 Å². The summed E-state index contributed by atoms with van der Waals surface area (Å²) in [6.45, 7) is 9.32. The first kappa shape index (κ1) is 13.7. The van der Waals surface area contributed by atoms with Crippen molar-refractivity contribution in [2.75, 3.05) is 0 Å². The van der Waals surface area contributed by atoms with Gasteiger partial charge in [0.2, 0.25) is 0 Å². The number of hydrogen-bond donors (Lipinski definition) is 0. The Morgan fingerprint density at radius 1 is 1.11 bits per heavy atom. The topological polar surface area (TPSA) is 0 Å². The predicted octanol–water partition coefficient (Wildman–Crippen LogP) is 5.83. The Morgan fingerprint density at radius 2 is 1.72 bits per heavy atom. The first-order valence-electron chi connectivity index (χ1n) is 6.79. The van der Waals surface area contributed by atoms with Gasteiger partial charge in [-0.1, -0.05) is 56.2 Å². The van der Waals surface area contributed by atoms with Gasteiger partial charge >= 0.3 is 0 Å². The molecule has 0 N–H and O–H groups in total. The molecule has 0 heterocycles. The van der Waals surface area contributed by atoms with Crippen molar-refractivity contribution in [3.63, 3.8) is 0 Å². The summed E-state index contributed by atoms with van der Waals surface area (Å²) in [7, 11) is 0. The lowest BCUT2D eigenvalue weighted by Crippen LogP contribution is -2.29. The largest absolute Gasteiger partial charge is 0.0853 e. The van der Waals surface area contributed by atoms with Gasteiger partial charge in [-0.2, -0.15) is 0 Å². The second-order valence-electron chi connectivity index (χ2n) is 6.62. The molecule has 98 valence electrons. The summed E-state index contributed by atoms with van der Waals surface area (Å²) in [5, 5.41) is 0.828. The fourth-order valence-electron chi connectivity index (χ4n) is 3.08. The minimum atomic E-state index is 0.349. The van der Waals surface area contributed by atoms with Gasteiger partial charge in [-0.25, -0.2) is 0 Å². The van der Waals surface area contributed by atoms with E-state index in [0.29, 0.717) is 17.3 Å². The van der Waals surface area contributed by atoms with Crippen molar-refractivity contribution in [3.8, 4) is 0 Å². The van der Waals surface area contributed by atoms with Crippen LogP contribution in [0.3, 0.4) is 0 Å². The molecule has 0 aliphatic heterocycles. The molecule has 1 heteroatoms. The Balaban J connectivity index is 2.33. The van der Waals surface area contributed by atoms with Gasteiger partial charge in [0.05, 0.1) is 0 Å². The maximum Gasteiger partial charge on any atom is 0.0406 e. The Bertz CT molecular complexity index is 434. The van der Waals surface area contributed by atoms with E-state index in [0.717, 1.165) is 5.02 Å². The first-order valence-corrected chi connectivity index (χ1v) is 7.17. The second-order valence-corrected chi connectivity index (χ2v) is 7.06. The predicted molar refractivity (Wildman–Crippen MR) is 80.1 cm³/mol. The summed E-state index contributed by atoms with van der Waals surface area (Å²) in [5.41, 5.74) is 3.31. The molecule has 2 rings (SSSR count). The molecule has 0 aromatic heterocycles. The van der Waals surface area contributed by atoms with E-state index < -0.39 is 0 Å². The van der Waals surface area contributed by atoms with Gasteiger partial charge in [0, 0.05) is 5.02 Å². The zero-order valence-corrected chi connectivity index (χ0v) is 12.6. The molecule has 0 saturated carbocycles. The highest BCUT2D eigenvalue weighted by Crippen LogP contribution is 2.46. The lowest BCUT2D eigenvalue weighted by Gasteiger charge is -2.40. The summed E-state index contributed by atoms with van der Waals surface area (Å²) < 4.78 is 0. The average Bonchev–Trinajstić information content (AvgIpc) is 2.28. The van der Waals surface area contributed by atoms with E-state index in [9.17, 15) is 0 Å². The summed E-state index contributed by atoms with van der Waals surface area (Å²) in [4.78, 5) is 0. The Hall–Kier alpha value is -0.750. The van der Waals surface area contributed by atoms with Crippen molar-refractivity contribution in [2.24, 2.45) is 11.3 Å². The van der Waals surface area contributed by atoms with Crippen LogP contribution in [0.4, 0.5) is 0 Å². The molecule has 1 aromatic rings. The van der Waals surface area contributed by atoms with Gasteiger partial charge in [0.1, 0.15) is 0 Å². The van der Waals surface area contributed by atoms with Crippen LogP contribution in [-0.2, 0) is 0 Å². The standard InChI is InChI=1S/C17H23Cl/c1-12-5-10-16(17(2,3)4)15(11-12)13-6-8-14(18)9-7-13/h5-9,15-16H,10-11H2,1-4H3. The van der Waals surface area contributed by atoms with Crippen molar-refractivity contribution < 1.29 is 0 Å². The molecule has 0 fully saturated rings. The molecule has 1 aliphatic rings. The Labute approximate surface area is 116 Å². The van der Waals surface area contributed by atoms with E-state index in [-0.39, 0.29) is 0 Å². The van der Waals surface area contributed by atoms with E-state index in [1.165, 1.54) is 24.0 Å². The third-order valence-electron chi connectivity index (χ3n) is 4.16. The van der Waals surface area contributed by atoms with Crippen LogP contribution in [0.15, 0.2) is 35.9 Å². The molecule has 0 radical (unpaired) electrons. The zero-order chi connectivity index (χ0) is 13.3. The van der Waals surface area contributed by atoms with Crippen LogP contribution in [0.25, 0.3) is 0 Å². The van der Waals surface area contributed by atoms with Gasteiger partial charge in [-0.05, 0) is 54.7 Å². The number of halogens is 1. The highest BCUT2D eigenvalue weighted by atomic mass is 35.5. The van der Waals surface area contributed by atoms with Gasteiger partial charge < -0.3 is 0 Å². The molecule has 2 unspecified atom stereocenters. The number of allylic oxidation sites excluding steroid dienone is 2. The molecule has 0 amide bonds. The Morgan fingerprint density at radius 3 is 2.28 bits per heavy atom. The molecule has 1 aliphatic carbocycles. The van der Waals surface area contributed by atoms with Gasteiger partial charge in [-0.3, -0.25) is 0 Å². The zero-order valence-electron chi connectivity index (χ0n) is 11.8. The van der Waals surface area contributed by atoms with Crippen molar-refractivity contribution in [1.29, 1.82) is 0 Å². The molecule has 1 aromatic carbocycles. The van der Waals surface area contributed by atoms with E-state index in [1.54, 1.807) is 0 Å². The number of rotatable bonds is 1. The van der Waals surface area contributed by atoms with Gasteiger partial charge in [-0.15, -0.1) is 0 Å². The molecular weight excluding hydrogens is 240 g/mol. The van der Waals surface area contributed by atoms with E-state index in [4.69, 9.17) is 11.6 Å². The maximum atomic E-state index is 5.99. The van der Waals surface area contributed by atoms with Crippen molar-refractivity contribution in [1.82, 2.24) is 0 Å². The van der Waals surface area contributed by atoms with E-state index in [2.05, 4.69) is 45.9 Å². The van der Waals surface area contributed by atoms with E-state index >= 15 is 0 Å². The fraction of sp³-hybridized carbons (Fsp3) is 0.529. The quantitative estimate of drug-likeness (QED) is 0.559. The maximum absolute atomic E-state index is 5.99. The highest BCUT2D eigenvalue weighted by Gasteiger charge is 2.34. The third kappa shape index (κ3) is 2.98. The average molecular weight is 263 g/mol. The molecule has 0 saturated heterocycles. The molecule has 0 nitrogen and oxygen atoms in total. The minimum Gasteiger partial charge on any atom is -0.0853 e. The smallest absolute Gasteiger partial charge is 0.0406 e. The summed E-state index contributed by atoms with van der Waals surface area (Å²) in [5.74, 6) is 1.34. The van der Waals surface area contributed by atoms with Crippen LogP contribution in [0, 0.1) is 11.3 Å². The van der Waals surface area contributed by atoms with Crippen molar-refractivity contribution >= 4 is 11.6 Å². The number of hydrogen-bond acceptors (Lipinski definition) is 0. The summed E-state index contributed by atoms with van der Waals surface area (Å²) in [6.07, 6.45) is 4.80.